The van der Waals surface area contributed by atoms with E-state index in [1.165, 1.54) is 0 Å². The van der Waals surface area contributed by atoms with E-state index >= 15 is 0 Å². The quantitative estimate of drug-likeness (QED) is 0.491. The van der Waals surface area contributed by atoms with Gasteiger partial charge in [-0.1, -0.05) is 37.3 Å². The summed E-state index contributed by atoms with van der Waals surface area (Å²) in [6.45, 7) is 4.87. The van der Waals surface area contributed by atoms with Crippen molar-refractivity contribution in [1.29, 1.82) is 0 Å². The monoisotopic (exact) mass is 467 g/mol. The van der Waals surface area contributed by atoms with E-state index < -0.39 is 17.7 Å². The van der Waals surface area contributed by atoms with Crippen LogP contribution in [0.3, 0.4) is 0 Å². The van der Waals surface area contributed by atoms with Gasteiger partial charge in [0, 0.05) is 43.9 Å². The van der Waals surface area contributed by atoms with Gasteiger partial charge in [0.15, 0.2) is 5.78 Å². The first-order chi connectivity index (χ1) is 16.3. The van der Waals surface area contributed by atoms with Gasteiger partial charge in [-0.3, -0.25) is 19.4 Å². The zero-order valence-corrected chi connectivity index (χ0v) is 20.5. The van der Waals surface area contributed by atoms with Crippen LogP contribution in [-0.2, 0) is 11.2 Å². The molecule has 184 valence electrons. The summed E-state index contributed by atoms with van der Waals surface area (Å²) in [5, 5.41) is 19.0. The molecule has 2 aromatic carbocycles. The van der Waals surface area contributed by atoms with Gasteiger partial charge >= 0.3 is 5.97 Å². The highest BCUT2D eigenvalue weighted by Gasteiger charge is 2.39. The second-order valence-electron chi connectivity index (χ2n) is 9.25. The van der Waals surface area contributed by atoms with E-state index in [1.807, 2.05) is 66.4 Å². The van der Waals surface area contributed by atoms with Crippen LogP contribution < -0.4 is 4.90 Å². The number of carboxylic acids is 1. The molecule has 0 radical (unpaired) electrons. The smallest absolute Gasteiger partial charge is 0.303 e. The normalized spacial score (nSPS) is 17.4. The molecular formula is C27H37N3O4. The predicted octanol–water partition coefficient (Wildman–Crippen LogP) is 3.13. The largest absolute Gasteiger partial charge is 0.481 e. The molecule has 0 amide bonds. The van der Waals surface area contributed by atoms with Crippen molar-refractivity contribution in [2.75, 3.05) is 45.2 Å². The molecule has 3 rings (SSSR count). The van der Waals surface area contributed by atoms with Crippen LogP contribution >= 0.6 is 0 Å². The molecule has 1 aliphatic rings. The number of hydrogen-bond acceptors (Lipinski definition) is 6. The van der Waals surface area contributed by atoms with E-state index in [-0.39, 0.29) is 18.6 Å². The van der Waals surface area contributed by atoms with Crippen LogP contribution in [0.2, 0.25) is 0 Å². The van der Waals surface area contributed by atoms with Gasteiger partial charge in [-0.2, -0.15) is 0 Å². The van der Waals surface area contributed by atoms with Gasteiger partial charge in [-0.15, -0.1) is 0 Å². The van der Waals surface area contributed by atoms with Crippen LogP contribution in [0.1, 0.15) is 42.1 Å². The third-order valence-corrected chi connectivity index (χ3v) is 7.05. The molecule has 0 aromatic heterocycles. The number of likely N-dealkylation sites (N-methyl/N-ethyl adjacent to an activating group) is 1. The number of rotatable bonds is 11. The fourth-order valence-electron chi connectivity index (χ4n) is 4.78. The number of carbonyl (C=O) groups excluding carboxylic acids is 1. The summed E-state index contributed by atoms with van der Waals surface area (Å²) in [5.41, 5.74) is 2.29. The Labute approximate surface area is 202 Å². The minimum atomic E-state index is -0.891. The van der Waals surface area contributed by atoms with Gasteiger partial charge in [0.25, 0.3) is 0 Å². The van der Waals surface area contributed by atoms with E-state index in [2.05, 4.69) is 24.0 Å². The topological polar surface area (TPSA) is 84.3 Å². The van der Waals surface area contributed by atoms with Crippen LogP contribution in [0, 0.1) is 0 Å². The van der Waals surface area contributed by atoms with E-state index in [9.17, 15) is 14.7 Å². The van der Waals surface area contributed by atoms with Crippen molar-refractivity contribution < 1.29 is 19.8 Å². The van der Waals surface area contributed by atoms with Crippen molar-refractivity contribution in [3.05, 3.63) is 65.7 Å². The molecule has 34 heavy (non-hydrogen) atoms. The second-order valence-corrected chi connectivity index (χ2v) is 9.25. The molecule has 1 heterocycles. The maximum Gasteiger partial charge on any atom is 0.303 e. The van der Waals surface area contributed by atoms with E-state index in [0.717, 1.165) is 24.3 Å². The van der Waals surface area contributed by atoms with Crippen LogP contribution in [-0.4, -0.2) is 83.8 Å². The maximum absolute atomic E-state index is 13.7. The first-order valence-electron chi connectivity index (χ1n) is 12.0. The molecule has 7 heteroatoms. The summed E-state index contributed by atoms with van der Waals surface area (Å²) in [5.74, 6) is -0.765. The third-order valence-electron chi connectivity index (χ3n) is 7.05. The molecule has 0 bridgehead atoms. The summed E-state index contributed by atoms with van der Waals surface area (Å²) in [4.78, 5) is 30.7. The van der Waals surface area contributed by atoms with Gasteiger partial charge in [0.1, 0.15) is 6.23 Å². The van der Waals surface area contributed by atoms with Crippen LogP contribution in [0.15, 0.2) is 54.6 Å². The molecule has 0 aliphatic carbocycles. The van der Waals surface area contributed by atoms with E-state index in [4.69, 9.17) is 5.11 Å². The number of benzene rings is 2. The number of ketones is 1. The fourth-order valence-corrected chi connectivity index (χ4v) is 4.78. The molecule has 0 saturated carbocycles. The Kier molecular flexibility index (Phi) is 8.83. The number of aliphatic hydroxyl groups excluding tert-OH is 1. The number of carboxylic acid groups (broad SMARTS) is 1. The Balaban J connectivity index is 1.67. The number of aliphatic carboxylic acids is 1. The standard InChI is InChI=1S/C27H37N3O4/c1-4-27(28(2)3,20-21-8-6-5-7-9-21)26(34)22-10-12-23(13-11-22)29-16-18-30(19-17-29)24(31)14-15-25(32)33/h5-13,24,31H,4,14-20H2,1-3H3,(H,32,33). The number of aliphatic hydroxyl groups is 1. The van der Waals surface area contributed by atoms with Gasteiger partial charge in [-0.25, -0.2) is 0 Å². The highest BCUT2D eigenvalue weighted by Crippen LogP contribution is 2.29. The lowest BCUT2D eigenvalue weighted by Crippen LogP contribution is -2.52. The molecule has 2 unspecified atom stereocenters. The van der Waals surface area contributed by atoms with Crippen LogP contribution in [0.25, 0.3) is 0 Å². The number of piperazine rings is 1. The van der Waals surface area contributed by atoms with Gasteiger partial charge in [0.05, 0.1) is 5.54 Å². The van der Waals surface area contributed by atoms with Gasteiger partial charge in [0.2, 0.25) is 0 Å². The molecule has 0 spiro atoms. The lowest BCUT2D eigenvalue weighted by molar-refractivity contribution is -0.138. The number of carbonyl (C=O) groups is 2. The van der Waals surface area contributed by atoms with Crippen LogP contribution in [0.5, 0.6) is 0 Å². The first kappa shape index (κ1) is 25.9. The van der Waals surface area contributed by atoms with Crippen molar-refractivity contribution in [2.24, 2.45) is 0 Å². The second kappa shape index (κ2) is 11.6. The fraction of sp³-hybridized carbons (Fsp3) is 0.481. The molecule has 2 aromatic rings. The average molecular weight is 468 g/mol. The van der Waals surface area contributed by atoms with Crippen molar-refractivity contribution in [2.45, 2.75) is 44.4 Å². The average Bonchev–Trinajstić information content (AvgIpc) is 2.86. The highest BCUT2D eigenvalue weighted by molar-refractivity contribution is 6.03. The SMILES string of the molecule is CCC(Cc1ccccc1)(C(=O)c1ccc(N2CCN(C(O)CCC(=O)O)CC2)cc1)N(C)C. The Morgan fingerprint density at radius 1 is 1.00 bits per heavy atom. The Bertz CT molecular complexity index is 940. The summed E-state index contributed by atoms with van der Waals surface area (Å²) < 4.78 is 0. The minimum Gasteiger partial charge on any atom is -0.481 e. The van der Waals surface area contributed by atoms with Crippen molar-refractivity contribution in [3.63, 3.8) is 0 Å². The summed E-state index contributed by atoms with van der Waals surface area (Å²) in [6, 6.07) is 18.0. The highest BCUT2D eigenvalue weighted by atomic mass is 16.4. The summed E-state index contributed by atoms with van der Waals surface area (Å²) >= 11 is 0. The Hall–Kier alpha value is -2.74. The number of Topliss-reactive ketones (excluding diaryl/α,β-unsaturated/α-hetero) is 1. The molecule has 1 saturated heterocycles. The van der Waals surface area contributed by atoms with Crippen molar-refractivity contribution in [1.82, 2.24) is 9.80 Å². The molecule has 1 aliphatic heterocycles. The zero-order chi connectivity index (χ0) is 24.7. The lowest BCUT2D eigenvalue weighted by Gasteiger charge is -2.39. The molecular weight excluding hydrogens is 430 g/mol. The van der Waals surface area contributed by atoms with E-state index in [1.54, 1.807) is 0 Å². The molecule has 2 N–H and O–H groups in total. The van der Waals surface area contributed by atoms with Gasteiger partial charge in [-0.05, 0) is 63.2 Å². The molecule has 1 fully saturated rings. The van der Waals surface area contributed by atoms with Gasteiger partial charge < -0.3 is 15.1 Å². The van der Waals surface area contributed by atoms with Crippen LogP contribution in [0.4, 0.5) is 5.69 Å². The first-order valence-corrected chi connectivity index (χ1v) is 12.0. The molecule has 2 atom stereocenters. The number of hydrogen-bond donors (Lipinski definition) is 2. The maximum atomic E-state index is 13.7. The number of anilines is 1. The third kappa shape index (κ3) is 6.03. The Morgan fingerprint density at radius 3 is 2.15 bits per heavy atom. The van der Waals surface area contributed by atoms with Crippen molar-refractivity contribution >= 4 is 17.4 Å². The Morgan fingerprint density at radius 2 is 1.62 bits per heavy atom. The molecule has 7 nitrogen and oxygen atoms in total. The number of nitrogens with zero attached hydrogens (tertiary/aromatic N) is 3. The van der Waals surface area contributed by atoms with E-state index in [0.29, 0.717) is 31.5 Å². The lowest BCUT2D eigenvalue weighted by atomic mass is 9.80. The zero-order valence-electron chi connectivity index (χ0n) is 20.5. The summed E-state index contributed by atoms with van der Waals surface area (Å²) in [7, 11) is 3.95. The predicted molar refractivity (Wildman–Crippen MR) is 134 cm³/mol. The minimum absolute atomic E-state index is 0.0344. The summed E-state index contributed by atoms with van der Waals surface area (Å²) in [6.07, 6.45) is 0.843. The van der Waals surface area contributed by atoms with Crippen molar-refractivity contribution in [3.8, 4) is 0 Å².